The van der Waals surface area contributed by atoms with Gasteiger partial charge in [0.15, 0.2) is 0 Å². The fourth-order valence-electron chi connectivity index (χ4n) is 2.21. The predicted octanol–water partition coefficient (Wildman–Crippen LogP) is 1.95. The van der Waals surface area contributed by atoms with E-state index in [0.717, 1.165) is 19.4 Å². The van der Waals surface area contributed by atoms with Crippen molar-refractivity contribution in [3.05, 3.63) is 0 Å². The van der Waals surface area contributed by atoms with Crippen LogP contribution in [0.4, 0.5) is 0 Å². The van der Waals surface area contributed by atoms with Crippen LogP contribution in [0.5, 0.6) is 0 Å². The number of carbonyl (C=O) groups excluding carboxylic acids is 1. The van der Waals surface area contributed by atoms with Gasteiger partial charge < -0.3 is 9.64 Å². The molecule has 1 aliphatic rings. The van der Waals surface area contributed by atoms with Gasteiger partial charge in [-0.3, -0.25) is 4.79 Å². The van der Waals surface area contributed by atoms with Gasteiger partial charge in [-0.05, 0) is 39.5 Å². The van der Waals surface area contributed by atoms with E-state index in [-0.39, 0.29) is 18.5 Å². The van der Waals surface area contributed by atoms with E-state index in [1.54, 1.807) is 4.90 Å². The molecule has 0 atom stereocenters. The van der Waals surface area contributed by atoms with E-state index in [1.807, 2.05) is 26.8 Å². The number of nitriles is 1. The molecule has 1 fully saturated rings. The topological polar surface area (TPSA) is 53.3 Å². The molecule has 0 unspecified atom stereocenters. The SMILES string of the molecule is CCOC1CC(CC(=O)N(CC#N)C(C)C)C1. The molecule has 1 saturated carbocycles. The lowest BCUT2D eigenvalue weighted by Crippen LogP contribution is -2.41. The minimum absolute atomic E-state index is 0.0986. The summed E-state index contributed by atoms with van der Waals surface area (Å²) in [6.07, 6.45) is 2.88. The highest BCUT2D eigenvalue weighted by Crippen LogP contribution is 2.33. The quantitative estimate of drug-likeness (QED) is 0.665. The molecule has 96 valence electrons. The summed E-state index contributed by atoms with van der Waals surface area (Å²) in [7, 11) is 0. The molecule has 1 aliphatic carbocycles. The maximum atomic E-state index is 12.0. The van der Waals surface area contributed by atoms with Crippen LogP contribution in [0.3, 0.4) is 0 Å². The molecular formula is C13H22N2O2. The van der Waals surface area contributed by atoms with Gasteiger partial charge in [0.1, 0.15) is 6.54 Å². The molecule has 0 N–H and O–H groups in total. The van der Waals surface area contributed by atoms with Gasteiger partial charge in [0.2, 0.25) is 5.91 Å². The minimum Gasteiger partial charge on any atom is -0.378 e. The van der Waals surface area contributed by atoms with Crippen molar-refractivity contribution < 1.29 is 9.53 Å². The molecule has 0 saturated heterocycles. The number of rotatable bonds is 6. The van der Waals surface area contributed by atoms with Crippen molar-refractivity contribution in [1.82, 2.24) is 4.90 Å². The van der Waals surface area contributed by atoms with Gasteiger partial charge in [-0.2, -0.15) is 5.26 Å². The van der Waals surface area contributed by atoms with Gasteiger partial charge in [-0.1, -0.05) is 0 Å². The average molecular weight is 238 g/mol. The summed E-state index contributed by atoms with van der Waals surface area (Å²) in [6.45, 7) is 6.82. The number of hydrogen-bond acceptors (Lipinski definition) is 3. The third kappa shape index (κ3) is 4.01. The van der Waals surface area contributed by atoms with Crippen LogP contribution < -0.4 is 0 Å². The maximum Gasteiger partial charge on any atom is 0.223 e. The van der Waals surface area contributed by atoms with Crippen LogP contribution in [0.1, 0.15) is 40.0 Å². The molecule has 1 amide bonds. The lowest BCUT2D eigenvalue weighted by Gasteiger charge is -2.36. The first kappa shape index (κ1) is 14.0. The third-order valence-electron chi connectivity index (χ3n) is 3.24. The van der Waals surface area contributed by atoms with E-state index in [0.29, 0.717) is 18.4 Å². The number of carbonyl (C=O) groups is 1. The largest absolute Gasteiger partial charge is 0.378 e. The van der Waals surface area contributed by atoms with E-state index >= 15 is 0 Å². The second kappa shape index (κ2) is 6.61. The van der Waals surface area contributed by atoms with Crippen molar-refractivity contribution >= 4 is 5.91 Å². The predicted molar refractivity (Wildman–Crippen MR) is 65.2 cm³/mol. The van der Waals surface area contributed by atoms with Crippen molar-refractivity contribution in [3.8, 4) is 6.07 Å². The van der Waals surface area contributed by atoms with Gasteiger partial charge in [-0.25, -0.2) is 0 Å². The highest BCUT2D eigenvalue weighted by Gasteiger charge is 2.32. The first-order valence-corrected chi connectivity index (χ1v) is 6.36. The van der Waals surface area contributed by atoms with Gasteiger partial charge in [-0.15, -0.1) is 0 Å². The van der Waals surface area contributed by atoms with E-state index in [1.165, 1.54) is 0 Å². The molecule has 0 bridgehead atoms. The van der Waals surface area contributed by atoms with Crippen molar-refractivity contribution in [3.63, 3.8) is 0 Å². The zero-order valence-electron chi connectivity index (χ0n) is 11.0. The van der Waals surface area contributed by atoms with Crippen LogP contribution in [0.15, 0.2) is 0 Å². The molecule has 4 nitrogen and oxygen atoms in total. The van der Waals surface area contributed by atoms with Gasteiger partial charge in [0, 0.05) is 19.1 Å². The summed E-state index contributed by atoms with van der Waals surface area (Å²) in [5, 5.41) is 8.69. The molecule has 0 aliphatic heterocycles. The monoisotopic (exact) mass is 238 g/mol. The van der Waals surface area contributed by atoms with Gasteiger partial charge >= 0.3 is 0 Å². The number of hydrogen-bond donors (Lipinski definition) is 0. The van der Waals surface area contributed by atoms with Crippen LogP contribution in [0.2, 0.25) is 0 Å². The second-order valence-electron chi connectivity index (χ2n) is 4.89. The first-order chi connectivity index (χ1) is 8.08. The van der Waals surface area contributed by atoms with E-state index in [9.17, 15) is 4.79 Å². The Bertz CT molecular complexity index is 290. The molecule has 0 aromatic heterocycles. The molecule has 4 heteroatoms. The van der Waals surface area contributed by atoms with Crippen LogP contribution in [-0.2, 0) is 9.53 Å². The number of ether oxygens (including phenoxy) is 1. The van der Waals surface area contributed by atoms with E-state index in [4.69, 9.17) is 10.00 Å². The first-order valence-electron chi connectivity index (χ1n) is 6.36. The van der Waals surface area contributed by atoms with Crippen molar-refractivity contribution in [1.29, 1.82) is 5.26 Å². The van der Waals surface area contributed by atoms with Gasteiger partial charge in [0.25, 0.3) is 0 Å². The third-order valence-corrected chi connectivity index (χ3v) is 3.24. The Morgan fingerprint density at radius 1 is 1.53 bits per heavy atom. The summed E-state index contributed by atoms with van der Waals surface area (Å²) >= 11 is 0. The van der Waals surface area contributed by atoms with E-state index in [2.05, 4.69) is 0 Å². The average Bonchev–Trinajstić information content (AvgIpc) is 2.22. The summed E-state index contributed by atoms with van der Waals surface area (Å²) in [6, 6.07) is 2.15. The Morgan fingerprint density at radius 2 is 2.18 bits per heavy atom. The van der Waals surface area contributed by atoms with Crippen LogP contribution in [0, 0.1) is 17.2 Å². The molecule has 1 rings (SSSR count). The summed E-state index contributed by atoms with van der Waals surface area (Å²) < 4.78 is 5.47. The molecule has 0 spiro atoms. The van der Waals surface area contributed by atoms with Crippen molar-refractivity contribution in [2.24, 2.45) is 5.92 Å². The Morgan fingerprint density at radius 3 is 2.65 bits per heavy atom. The second-order valence-corrected chi connectivity index (χ2v) is 4.89. The lowest BCUT2D eigenvalue weighted by atomic mass is 9.79. The molecule has 0 radical (unpaired) electrons. The zero-order valence-corrected chi connectivity index (χ0v) is 11.0. The summed E-state index contributed by atoms with van der Waals surface area (Å²) in [5.41, 5.74) is 0. The van der Waals surface area contributed by atoms with Crippen LogP contribution >= 0.6 is 0 Å². The van der Waals surface area contributed by atoms with E-state index < -0.39 is 0 Å². The van der Waals surface area contributed by atoms with Crippen LogP contribution in [-0.4, -0.2) is 36.1 Å². The summed E-state index contributed by atoms with van der Waals surface area (Å²) in [4.78, 5) is 13.6. The maximum absolute atomic E-state index is 12.0. The number of amides is 1. The Hall–Kier alpha value is -1.08. The number of nitrogens with zero attached hydrogens (tertiary/aromatic N) is 2. The molecule has 0 heterocycles. The highest BCUT2D eigenvalue weighted by molar-refractivity contribution is 5.77. The Labute approximate surface area is 104 Å². The van der Waals surface area contributed by atoms with Crippen molar-refractivity contribution in [2.45, 2.75) is 52.2 Å². The molecular weight excluding hydrogens is 216 g/mol. The zero-order chi connectivity index (χ0) is 12.8. The Balaban J connectivity index is 2.32. The highest BCUT2D eigenvalue weighted by atomic mass is 16.5. The summed E-state index contributed by atoms with van der Waals surface area (Å²) in [5.74, 6) is 0.542. The normalized spacial score (nSPS) is 23.0. The minimum atomic E-state index is 0.0986. The molecule has 0 aromatic rings. The Kier molecular flexibility index (Phi) is 5.43. The fraction of sp³-hybridized carbons (Fsp3) is 0.846. The fourth-order valence-corrected chi connectivity index (χ4v) is 2.21. The smallest absolute Gasteiger partial charge is 0.223 e. The molecule has 0 aromatic carbocycles. The van der Waals surface area contributed by atoms with Crippen LogP contribution in [0.25, 0.3) is 0 Å². The van der Waals surface area contributed by atoms with Gasteiger partial charge in [0.05, 0.1) is 12.2 Å². The standard InChI is InChI=1S/C13H22N2O2/c1-4-17-12-7-11(8-12)9-13(16)15(6-5-14)10(2)3/h10-12H,4,6-9H2,1-3H3. The lowest BCUT2D eigenvalue weighted by molar-refractivity contribution is -0.135. The molecule has 17 heavy (non-hydrogen) atoms. The van der Waals surface area contributed by atoms with Crippen molar-refractivity contribution in [2.75, 3.05) is 13.2 Å².